The van der Waals surface area contributed by atoms with Gasteiger partial charge in [0.2, 0.25) is 0 Å². The molecule has 1 aromatic rings. The van der Waals surface area contributed by atoms with Gasteiger partial charge in [0.05, 0.1) is 17.3 Å². The fraction of sp³-hybridized carbons (Fsp3) is 0.500. The van der Waals surface area contributed by atoms with Crippen LogP contribution in [0.25, 0.3) is 0 Å². The zero-order chi connectivity index (χ0) is 12.3. The van der Waals surface area contributed by atoms with Gasteiger partial charge in [0.15, 0.2) is 0 Å². The van der Waals surface area contributed by atoms with Crippen LogP contribution < -0.4 is 5.32 Å². The molecule has 0 atom stereocenters. The van der Waals surface area contributed by atoms with Crippen LogP contribution in [-0.2, 0) is 0 Å². The smallest absolute Gasteiger partial charge is 0.255 e. The van der Waals surface area contributed by atoms with Crippen LogP contribution >= 0.6 is 15.9 Å². The van der Waals surface area contributed by atoms with Gasteiger partial charge in [0, 0.05) is 11.5 Å². The molecular weight excluding hydrogens is 284 g/mol. The van der Waals surface area contributed by atoms with Gasteiger partial charge in [-0.15, -0.1) is 0 Å². The number of carbonyl (C=O) groups excluding carboxylic acids is 1. The Morgan fingerprint density at radius 2 is 2.24 bits per heavy atom. The average Bonchev–Trinajstić information content (AvgIpc) is 2.79. The second-order valence-electron chi connectivity index (χ2n) is 4.47. The van der Waals surface area contributed by atoms with Crippen molar-refractivity contribution >= 4 is 21.8 Å². The van der Waals surface area contributed by atoms with E-state index in [1.54, 1.807) is 0 Å². The first-order valence-electron chi connectivity index (χ1n) is 5.68. The van der Waals surface area contributed by atoms with E-state index in [-0.39, 0.29) is 22.8 Å². The second kappa shape index (κ2) is 5.04. The molecule has 1 heterocycles. The maximum Gasteiger partial charge on any atom is 0.255 e. The Kier molecular flexibility index (Phi) is 3.66. The third-order valence-electron chi connectivity index (χ3n) is 3.24. The Bertz CT molecular complexity index is 417. The highest BCUT2D eigenvalue weighted by molar-refractivity contribution is 9.09. The van der Waals surface area contributed by atoms with E-state index in [2.05, 4.69) is 26.2 Å². The lowest BCUT2D eigenvalue weighted by Gasteiger charge is -2.28. The number of hydrogen-bond donors (Lipinski definition) is 2. The molecule has 1 aliphatic carbocycles. The molecule has 1 fully saturated rings. The molecule has 1 aliphatic rings. The predicted molar refractivity (Wildman–Crippen MR) is 68.4 cm³/mol. The number of nitrogens with zero attached hydrogens (tertiary/aromatic N) is 1. The quantitative estimate of drug-likeness (QED) is 0.841. The predicted octanol–water partition coefficient (Wildman–Crippen LogP) is 2.22. The van der Waals surface area contributed by atoms with Crippen LogP contribution in [0.3, 0.4) is 0 Å². The minimum absolute atomic E-state index is 0.0762. The summed E-state index contributed by atoms with van der Waals surface area (Å²) in [6.07, 6.45) is 7.02. The van der Waals surface area contributed by atoms with E-state index >= 15 is 0 Å². The molecule has 1 aromatic heterocycles. The summed E-state index contributed by atoms with van der Waals surface area (Å²) >= 11 is 3.46. The fourth-order valence-corrected chi connectivity index (χ4v) is 2.93. The van der Waals surface area contributed by atoms with Crippen molar-refractivity contribution in [3.8, 4) is 5.75 Å². The third-order valence-corrected chi connectivity index (χ3v) is 4.31. The molecule has 0 spiro atoms. The van der Waals surface area contributed by atoms with Gasteiger partial charge in [-0.3, -0.25) is 9.78 Å². The average molecular weight is 299 g/mol. The molecule has 0 aliphatic heterocycles. The Morgan fingerprint density at radius 1 is 1.53 bits per heavy atom. The maximum absolute atomic E-state index is 12.1. The van der Waals surface area contributed by atoms with Crippen molar-refractivity contribution in [2.45, 2.75) is 31.2 Å². The summed E-state index contributed by atoms with van der Waals surface area (Å²) in [6, 6.07) is 1.53. The molecule has 2 N–H and O–H groups in total. The lowest BCUT2D eigenvalue weighted by Crippen LogP contribution is -2.47. The van der Waals surface area contributed by atoms with E-state index in [1.165, 1.54) is 18.5 Å². The topological polar surface area (TPSA) is 62.2 Å². The Hall–Kier alpha value is -1.10. The molecule has 0 bridgehead atoms. The minimum atomic E-state index is -0.230. The highest BCUT2D eigenvalue weighted by Crippen LogP contribution is 2.31. The number of aromatic hydroxyl groups is 1. The van der Waals surface area contributed by atoms with Crippen LogP contribution in [0.4, 0.5) is 0 Å². The van der Waals surface area contributed by atoms with E-state index in [0.29, 0.717) is 0 Å². The van der Waals surface area contributed by atoms with Crippen molar-refractivity contribution in [1.29, 1.82) is 0 Å². The second-order valence-corrected chi connectivity index (χ2v) is 5.03. The highest BCUT2D eigenvalue weighted by atomic mass is 79.9. The summed E-state index contributed by atoms with van der Waals surface area (Å²) in [7, 11) is 0. The fourth-order valence-electron chi connectivity index (χ4n) is 2.23. The summed E-state index contributed by atoms with van der Waals surface area (Å²) in [5.41, 5.74) is 0.125. The van der Waals surface area contributed by atoms with Crippen molar-refractivity contribution in [2.75, 3.05) is 5.33 Å². The SMILES string of the molecule is O=C(NC1(CBr)CCCC1)c1ccncc1O. The summed E-state index contributed by atoms with van der Waals surface area (Å²) in [5, 5.41) is 13.3. The number of pyridine rings is 1. The normalized spacial score (nSPS) is 17.9. The van der Waals surface area contributed by atoms with Crippen LogP contribution in [0.5, 0.6) is 5.75 Å². The van der Waals surface area contributed by atoms with Crippen molar-refractivity contribution in [3.63, 3.8) is 0 Å². The van der Waals surface area contributed by atoms with Gasteiger partial charge >= 0.3 is 0 Å². The van der Waals surface area contributed by atoms with E-state index in [0.717, 1.165) is 31.0 Å². The van der Waals surface area contributed by atoms with Gasteiger partial charge in [-0.05, 0) is 18.9 Å². The summed E-state index contributed by atoms with van der Waals surface area (Å²) in [5.74, 6) is -0.307. The lowest BCUT2D eigenvalue weighted by molar-refractivity contribution is 0.0907. The molecule has 0 aromatic carbocycles. The molecular formula is C12H15BrN2O2. The molecule has 0 radical (unpaired) electrons. The van der Waals surface area contributed by atoms with Crippen LogP contribution in [0.1, 0.15) is 36.0 Å². The van der Waals surface area contributed by atoms with Crippen molar-refractivity contribution in [3.05, 3.63) is 24.0 Å². The Morgan fingerprint density at radius 3 is 2.82 bits per heavy atom. The van der Waals surface area contributed by atoms with Crippen LogP contribution in [-0.4, -0.2) is 26.9 Å². The van der Waals surface area contributed by atoms with E-state index in [1.807, 2.05) is 0 Å². The number of rotatable bonds is 3. The van der Waals surface area contributed by atoms with Gasteiger partial charge < -0.3 is 10.4 Å². The van der Waals surface area contributed by atoms with Gasteiger partial charge in [0.25, 0.3) is 5.91 Å². The molecule has 2 rings (SSSR count). The molecule has 0 unspecified atom stereocenters. The third kappa shape index (κ3) is 2.60. The summed E-state index contributed by atoms with van der Waals surface area (Å²) in [6.45, 7) is 0. The number of nitrogens with one attached hydrogen (secondary N) is 1. The van der Waals surface area contributed by atoms with Gasteiger partial charge in [-0.25, -0.2) is 0 Å². The monoisotopic (exact) mass is 298 g/mol. The van der Waals surface area contributed by atoms with E-state index in [9.17, 15) is 9.90 Å². The largest absolute Gasteiger partial charge is 0.505 e. The van der Waals surface area contributed by atoms with Crippen LogP contribution in [0, 0.1) is 0 Å². The van der Waals surface area contributed by atoms with E-state index in [4.69, 9.17) is 0 Å². The number of carbonyl (C=O) groups is 1. The zero-order valence-electron chi connectivity index (χ0n) is 9.45. The number of amides is 1. The number of alkyl halides is 1. The number of hydrogen-bond acceptors (Lipinski definition) is 3. The highest BCUT2D eigenvalue weighted by Gasteiger charge is 2.34. The van der Waals surface area contributed by atoms with Crippen LogP contribution in [0.15, 0.2) is 18.5 Å². The van der Waals surface area contributed by atoms with Crippen molar-refractivity contribution in [2.24, 2.45) is 0 Å². The molecule has 1 saturated carbocycles. The summed E-state index contributed by atoms with van der Waals surface area (Å²) < 4.78 is 0. The van der Waals surface area contributed by atoms with Crippen molar-refractivity contribution < 1.29 is 9.90 Å². The van der Waals surface area contributed by atoms with Gasteiger partial charge in [0.1, 0.15) is 5.75 Å². The number of aromatic nitrogens is 1. The van der Waals surface area contributed by atoms with Gasteiger partial charge in [-0.2, -0.15) is 0 Å². The number of halogens is 1. The molecule has 4 nitrogen and oxygen atoms in total. The van der Waals surface area contributed by atoms with Crippen molar-refractivity contribution in [1.82, 2.24) is 10.3 Å². The molecule has 17 heavy (non-hydrogen) atoms. The maximum atomic E-state index is 12.1. The molecule has 5 heteroatoms. The lowest BCUT2D eigenvalue weighted by atomic mass is 10.00. The van der Waals surface area contributed by atoms with Gasteiger partial charge in [-0.1, -0.05) is 28.8 Å². The first-order chi connectivity index (χ1) is 8.17. The zero-order valence-corrected chi connectivity index (χ0v) is 11.0. The molecule has 92 valence electrons. The Balaban J connectivity index is 2.14. The molecule has 1 amide bonds. The first-order valence-corrected chi connectivity index (χ1v) is 6.80. The first kappa shape index (κ1) is 12.4. The summed E-state index contributed by atoms with van der Waals surface area (Å²) in [4.78, 5) is 15.8. The minimum Gasteiger partial charge on any atom is -0.505 e. The molecule has 0 saturated heterocycles. The van der Waals surface area contributed by atoms with E-state index < -0.39 is 0 Å². The van der Waals surface area contributed by atoms with Crippen LogP contribution in [0.2, 0.25) is 0 Å². The standard InChI is InChI=1S/C12H15BrN2O2/c13-8-12(4-1-2-5-12)15-11(17)9-3-6-14-7-10(9)16/h3,6-7,16H,1-2,4-5,8H2,(H,15,17). The Labute approximate surface area is 109 Å².